The van der Waals surface area contributed by atoms with Crippen LogP contribution in [0.3, 0.4) is 0 Å². The Hall–Kier alpha value is -2.42. The summed E-state index contributed by atoms with van der Waals surface area (Å²) in [4.78, 5) is 22.9. The Morgan fingerprint density at radius 3 is 2.95 bits per heavy atom. The summed E-state index contributed by atoms with van der Waals surface area (Å²) in [6.07, 6.45) is 1.31. The zero-order chi connectivity index (χ0) is 14.5. The molecule has 2 N–H and O–H groups in total. The molecular weight excluding hydrogens is 284 g/mol. The fourth-order valence-corrected chi connectivity index (χ4v) is 2.19. The Morgan fingerprint density at radius 1 is 1.55 bits per heavy atom. The molecule has 0 aliphatic heterocycles. The molecule has 0 unspecified atom stereocenters. The molecule has 2 aromatic rings. The van der Waals surface area contributed by atoms with Crippen LogP contribution in [0.25, 0.3) is 0 Å². The zero-order valence-corrected chi connectivity index (χ0v) is 11.4. The van der Waals surface area contributed by atoms with Crippen molar-refractivity contribution < 1.29 is 19.4 Å². The van der Waals surface area contributed by atoms with Crippen LogP contribution in [0.4, 0.5) is 0 Å². The van der Waals surface area contributed by atoms with Crippen molar-refractivity contribution in [2.24, 2.45) is 0 Å². The fraction of sp³-hybridized carbons (Fsp3) is 0.273. The van der Waals surface area contributed by atoms with Crippen molar-refractivity contribution in [2.75, 3.05) is 13.7 Å². The number of ether oxygens (including phenoxy) is 1. The van der Waals surface area contributed by atoms with Gasteiger partial charge in [-0.3, -0.25) is 4.79 Å². The molecule has 2 aromatic heterocycles. The summed E-state index contributed by atoms with van der Waals surface area (Å²) in [6.45, 7) is 0.663. The van der Waals surface area contributed by atoms with Crippen LogP contribution in [0, 0.1) is 0 Å². The minimum absolute atomic E-state index is 0.126. The van der Waals surface area contributed by atoms with Crippen LogP contribution in [0.2, 0.25) is 0 Å². The first-order valence-electron chi connectivity index (χ1n) is 5.64. The lowest BCUT2D eigenvalue weighted by Crippen LogP contribution is -2.26. The lowest BCUT2D eigenvalue weighted by atomic mass is 10.4. The van der Waals surface area contributed by atoms with E-state index in [4.69, 9.17) is 9.84 Å². The maximum atomic E-state index is 11.8. The van der Waals surface area contributed by atoms with E-state index in [1.807, 2.05) is 0 Å². The van der Waals surface area contributed by atoms with Gasteiger partial charge in [0.05, 0.1) is 24.7 Å². The Balaban J connectivity index is 1.82. The maximum Gasteiger partial charge on any atom is 0.358 e. The Labute approximate surface area is 118 Å². The Morgan fingerprint density at radius 2 is 2.35 bits per heavy atom. The average Bonchev–Trinajstić information content (AvgIpc) is 3.07. The number of amides is 1. The van der Waals surface area contributed by atoms with Gasteiger partial charge in [0, 0.05) is 18.0 Å². The third kappa shape index (κ3) is 3.32. The lowest BCUT2D eigenvalue weighted by Gasteiger charge is -2.02. The van der Waals surface area contributed by atoms with Crippen molar-refractivity contribution in [1.29, 1.82) is 0 Å². The molecule has 0 saturated heterocycles. The molecule has 0 aliphatic rings. The number of hydrogen-bond acceptors (Lipinski definition) is 6. The second-order valence-corrected chi connectivity index (χ2v) is 4.69. The highest BCUT2D eigenvalue weighted by Crippen LogP contribution is 2.20. The second kappa shape index (κ2) is 6.15. The third-order valence-electron chi connectivity index (χ3n) is 2.42. The Kier molecular flexibility index (Phi) is 4.31. The number of hydrogen-bond donors (Lipinski definition) is 2. The van der Waals surface area contributed by atoms with Gasteiger partial charge in [-0.1, -0.05) is 5.21 Å². The molecule has 2 heterocycles. The van der Waals surface area contributed by atoms with Crippen LogP contribution in [0.5, 0.6) is 5.75 Å². The molecule has 8 nitrogen and oxygen atoms in total. The monoisotopic (exact) mass is 296 g/mol. The standard InChI is InChI=1S/C11H12N4O4S/c1-19-7-4-9(20-6-7)10(16)12-2-3-15-5-8(11(17)18)13-14-15/h4-6H,2-3H2,1H3,(H,12,16)(H,17,18). The summed E-state index contributed by atoms with van der Waals surface area (Å²) in [7, 11) is 1.54. The van der Waals surface area contributed by atoms with Crippen molar-refractivity contribution in [2.45, 2.75) is 6.54 Å². The van der Waals surface area contributed by atoms with Crippen molar-refractivity contribution >= 4 is 23.2 Å². The molecule has 0 fully saturated rings. The van der Waals surface area contributed by atoms with E-state index in [-0.39, 0.29) is 11.6 Å². The van der Waals surface area contributed by atoms with Gasteiger partial charge < -0.3 is 15.2 Å². The molecule has 0 spiro atoms. The van der Waals surface area contributed by atoms with Gasteiger partial charge in [-0.2, -0.15) is 0 Å². The largest absolute Gasteiger partial charge is 0.496 e. The summed E-state index contributed by atoms with van der Waals surface area (Å²) in [5, 5.41) is 20.2. The predicted molar refractivity (Wildman–Crippen MR) is 70.2 cm³/mol. The molecule has 0 atom stereocenters. The van der Waals surface area contributed by atoms with Crippen LogP contribution in [0.1, 0.15) is 20.2 Å². The summed E-state index contributed by atoms with van der Waals surface area (Å²) in [5.74, 6) is -0.703. The minimum Gasteiger partial charge on any atom is -0.496 e. The predicted octanol–water partition coefficient (Wildman–Crippen LogP) is 0.476. The summed E-state index contributed by atoms with van der Waals surface area (Å²) < 4.78 is 6.36. The normalized spacial score (nSPS) is 10.2. The fourth-order valence-electron chi connectivity index (χ4n) is 1.42. The van der Waals surface area contributed by atoms with E-state index < -0.39 is 5.97 Å². The molecule has 0 bridgehead atoms. The van der Waals surface area contributed by atoms with Gasteiger partial charge in [0.15, 0.2) is 5.69 Å². The molecule has 0 radical (unpaired) electrons. The van der Waals surface area contributed by atoms with Crippen molar-refractivity contribution in [3.63, 3.8) is 0 Å². The molecule has 0 saturated carbocycles. The van der Waals surface area contributed by atoms with E-state index >= 15 is 0 Å². The van der Waals surface area contributed by atoms with E-state index in [1.54, 1.807) is 11.4 Å². The number of aromatic carboxylic acids is 1. The quantitative estimate of drug-likeness (QED) is 0.803. The molecular formula is C11H12N4O4S. The lowest BCUT2D eigenvalue weighted by molar-refractivity contribution is 0.0690. The SMILES string of the molecule is COc1csc(C(=O)NCCn2cc(C(=O)O)nn2)c1. The van der Waals surface area contributed by atoms with E-state index in [9.17, 15) is 9.59 Å². The van der Waals surface area contributed by atoms with Crippen LogP contribution in [-0.4, -0.2) is 45.6 Å². The summed E-state index contributed by atoms with van der Waals surface area (Å²) in [5.41, 5.74) is -0.126. The highest BCUT2D eigenvalue weighted by atomic mass is 32.1. The van der Waals surface area contributed by atoms with Crippen LogP contribution >= 0.6 is 11.3 Å². The summed E-state index contributed by atoms with van der Waals surface area (Å²) in [6, 6.07) is 1.65. The van der Waals surface area contributed by atoms with Gasteiger partial charge in [0.1, 0.15) is 5.75 Å². The first-order chi connectivity index (χ1) is 9.60. The smallest absolute Gasteiger partial charge is 0.358 e. The number of thiophene rings is 1. The molecule has 0 aromatic carbocycles. The number of carboxylic acids is 1. The maximum absolute atomic E-state index is 11.8. The third-order valence-corrected chi connectivity index (χ3v) is 3.33. The Bertz CT molecular complexity index is 621. The minimum atomic E-state index is -1.13. The van der Waals surface area contributed by atoms with Crippen LogP contribution < -0.4 is 10.1 Å². The number of nitrogens with zero attached hydrogens (tertiary/aromatic N) is 3. The summed E-state index contributed by atoms with van der Waals surface area (Å²) >= 11 is 1.29. The number of nitrogens with one attached hydrogen (secondary N) is 1. The molecule has 106 valence electrons. The van der Waals surface area contributed by atoms with Gasteiger partial charge in [0.2, 0.25) is 0 Å². The first kappa shape index (κ1) is 14.0. The highest BCUT2D eigenvalue weighted by molar-refractivity contribution is 7.12. The number of carboxylic acid groups (broad SMARTS) is 1. The number of aromatic nitrogens is 3. The molecule has 0 aliphatic carbocycles. The average molecular weight is 296 g/mol. The van der Waals surface area contributed by atoms with Crippen LogP contribution in [0.15, 0.2) is 17.6 Å². The zero-order valence-electron chi connectivity index (χ0n) is 10.6. The molecule has 20 heavy (non-hydrogen) atoms. The van der Waals surface area contributed by atoms with Gasteiger partial charge in [-0.15, -0.1) is 16.4 Å². The number of carbonyl (C=O) groups is 2. The van der Waals surface area contributed by atoms with Crippen molar-refractivity contribution in [3.05, 3.63) is 28.2 Å². The van der Waals surface area contributed by atoms with E-state index in [2.05, 4.69) is 15.6 Å². The van der Waals surface area contributed by atoms with E-state index in [0.29, 0.717) is 23.7 Å². The van der Waals surface area contributed by atoms with Gasteiger partial charge in [-0.05, 0) is 0 Å². The van der Waals surface area contributed by atoms with Gasteiger partial charge >= 0.3 is 5.97 Å². The van der Waals surface area contributed by atoms with E-state index in [1.165, 1.54) is 29.3 Å². The van der Waals surface area contributed by atoms with Crippen molar-refractivity contribution in [1.82, 2.24) is 20.3 Å². The number of methoxy groups -OCH3 is 1. The molecule has 1 amide bonds. The second-order valence-electron chi connectivity index (χ2n) is 3.78. The van der Waals surface area contributed by atoms with Crippen LogP contribution in [-0.2, 0) is 6.54 Å². The van der Waals surface area contributed by atoms with E-state index in [0.717, 1.165) is 0 Å². The molecule has 2 rings (SSSR count). The highest BCUT2D eigenvalue weighted by Gasteiger charge is 2.10. The first-order valence-corrected chi connectivity index (χ1v) is 6.52. The number of carbonyl (C=O) groups excluding carboxylic acids is 1. The van der Waals surface area contributed by atoms with Gasteiger partial charge in [-0.25, -0.2) is 9.48 Å². The van der Waals surface area contributed by atoms with Crippen molar-refractivity contribution in [3.8, 4) is 5.75 Å². The molecule has 9 heteroatoms. The topological polar surface area (TPSA) is 106 Å². The van der Waals surface area contributed by atoms with Gasteiger partial charge in [0.25, 0.3) is 5.91 Å². The number of rotatable bonds is 6.